The van der Waals surface area contributed by atoms with Crippen molar-refractivity contribution < 1.29 is 14.6 Å². The van der Waals surface area contributed by atoms with Crippen molar-refractivity contribution in [2.24, 2.45) is 11.3 Å². The van der Waals surface area contributed by atoms with E-state index in [2.05, 4.69) is 0 Å². The van der Waals surface area contributed by atoms with Crippen LogP contribution >= 0.6 is 11.8 Å². The lowest BCUT2D eigenvalue weighted by Crippen LogP contribution is -2.57. The third-order valence-electron chi connectivity index (χ3n) is 3.84. The Kier molecular flexibility index (Phi) is 4.29. The van der Waals surface area contributed by atoms with Gasteiger partial charge in [-0.2, -0.15) is 11.8 Å². The van der Waals surface area contributed by atoms with E-state index in [4.69, 9.17) is 4.74 Å². The van der Waals surface area contributed by atoms with Gasteiger partial charge in [-0.15, -0.1) is 0 Å². The molecule has 1 saturated heterocycles. The van der Waals surface area contributed by atoms with Crippen LogP contribution in [-0.4, -0.2) is 35.3 Å². The number of ether oxygens (including phenoxy) is 1. The molecule has 0 aromatic carbocycles. The van der Waals surface area contributed by atoms with Crippen LogP contribution in [0.1, 0.15) is 33.6 Å². The quantitative estimate of drug-likeness (QED) is 0.775. The molecule has 3 nitrogen and oxygen atoms in total. The topological polar surface area (TPSA) is 46.5 Å². The second-order valence-electron chi connectivity index (χ2n) is 5.09. The van der Waals surface area contributed by atoms with Crippen LogP contribution in [0.2, 0.25) is 0 Å². The average Bonchev–Trinajstić information content (AvgIpc) is 2.23. The fourth-order valence-electron chi connectivity index (χ4n) is 2.38. The minimum absolute atomic E-state index is 0.229. The molecular weight excluding hydrogens is 224 g/mol. The summed E-state index contributed by atoms with van der Waals surface area (Å²) in [4.78, 5) is 11.7. The van der Waals surface area contributed by atoms with Gasteiger partial charge in [0.2, 0.25) is 0 Å². The van der Waals surface area contributed by atoms with E-state index in [0.29, 0.717) is 12.2 Å². The number of hydrogen-bond donors (Lipinski definition) is 1. The Balaban J connectivity index is 2.99. The molecule has 0 aromatic rings. The van der Waals surface area contributed by atoms with E-state index in [9.17, 15) is 9.90 Å². The Morgan fingerprint density at radius 1 is 1.56 bits per heavy atom. The van der Waals surface area contributed by atoms with Crippen molar-refractivity contribution >= 4 is 17.7 Å². The molecule has 0 saturated carbocycles. The van der Waals surface area contributed by atoms with Gasteiger partial charge in [-0.1, -0.05) is 20.8 Å². The molecule has 1 rings (SSSR count). The second-order valence-corrected chi connectivity index (χ2v) is 6.20. The van der Waals surface area contributed by atoms with E-state index in [1.54, 1.807) is 11.8 Å². The predicted octanol–water partition coefficient (Wildman–Crippen LogP) is 2.08. The summed E-state index contributed by atoms with van der Waals surface area (Å²) >= 11 is 1.72. The van der Waals surface area contributed by atoms with Gasteiger partial charge in [0.15, 0.2) is 0 Å². The molecule has 0 aliphatic carbocycles. The lowest BCUT2D eigenvalue weighted by molar-refractivity contribution is -0.166. The third-order valence-corrected chi connectivity index (χ3v) is 4.97. The Hall–Kier alpha value is -0.220. The number of rotatable bonds is 3. The SMILES string of the molecule is CCC(C(=O)OC)C1(O)CSCCC1(C)C. The number of hydrogen-bond acceptors (Lipinski definition) is 4. The summed E-state index contributed by atoms with van der Waals surface area (Å²) in [6.07, 6.45) is 1.55. The zero-order valence-corrected chi connectivity index (χ0v) is 11.4. The maximum absolute atomic E-state index is 11.7. The number of carbonyl (C=O) groups excluding carboxylic acids is 1. The number of aliphatic hydroxyl groups is 1. The van der Waals surface area contributed by atoms with Crippen molar-refractivity contribution in [2.45, 2.75) is 39.2 Å². The van der Waals surface area contributed by atoms with E-state index in [-0.39, 0.29) is 11.4 Å². The molecule has 1 N–H and O–H groups in total. The van der Waals surface area contributed by atoms with Crippen LogP contribution in [-0.2, 0) is 9.53 Å². The predicted molar refractivity (Wildman–Crippen MR) is 66.5 cm³/mol. The smallest absolute Gasteiger partial charge is 0.311 e. The molecule has 1 aliphatic heterocycles. The van der Waals surface area contributed by atoms with Gasteiger partial charge in [0.1, 0.15) is 0 Å². The Morgan fingerprint density at radius 2 is 2.19 bits per heavy atom. The van der Waals surface area contributed by atoms with Gasteiger partial charge in [-0.05, 0) is 24.0 Å². The Bertz CT molecular complexity index is 265. The van der Waals surface area contributed by atoms with Crippen LogP contribution in [0.25, 0.3) is 0 Å². The molecule has 0 aromatic heterocycles. The molecule has 2 atom stereocenters. The first-order valence-electron chi connectivity index (χ1n) is 5.77. The Morgan fingerprint density at radius 3 is 2.62 bits per heavy atom. The van der Waals surface area contributed by atoms with E-state index in [0.717, 1.165) is 12.2 Å². The summed E-state index contributed by atoms with van der Waals surface area (Å²) in [6, 6.07) is 0. The normalized spacial score (nSPS) is 30.8. The number of thioether (sulfide) groups is 1. The van der Waals surface area contributed by atoms with E-state index < -0.39 is 11.5 Å². The minimum atomic E-state index is -0.947. The number of esters is 1. The van der Waals surface area contributed by atoms with Gasteiger partial charge in [-0.25, -0.2) is 0 Å². The summed E-state index contributed by atoms with van der Waals surface area (Å²) in [5.41, 5.74) is -1.18. The molecule has 0 bridgehead atoms. The lowest BCUT2D eigenvalue weighted by atomic mass is 9.66. The van der Waals surface area contributed by atoms with Crippen LogP contribution in [0.4, 0.5) is 0 Å². The first-order valence-corrected chi connectivity index (χ1v) is 6.92. The van der Waals surface area contributed by atoms with Crippen molar-refractivity contribution in [2.75, 3.05) is 18.6 Å². The van der Waals surface area contributed by atoms with E-state index in [1.807, 2.05) is 20.8 Å². The first-order chi connectivity index (χ1) is 7.39. The zero-order chi connectivity index (χ0) is 12.4. The van der Waals surface area contributed by atoms with E-state index >= 15 is 0 Å². The highest BCUT2D eigenvalue weighted by molar-refractivity contribution is 7.99. The number of methoxy groups -OCH3 is 1. The molecule has 2 unspecified atom stereocenters. The Labute approximate surface area is 102 Å². The highest BCUT2D eigenvalue weighted by atomic mass is 32.2. The van der Waals surface area contributed by atoms with Crippen LogP contribution in [0.5, 0.6) is 0 Å². The van der Waals surface area contributed by atoms with Crippen molar-refractivity contribution in [3.8, 4) is 0 Å². The lowest BCUT2D eigenvalue weighted by Gasteiger charge is -2.49. The molecule has 1 aliphatic rings. The monoisotopic (exact) mass is 246 g/mol. The average molecular weight is 246 g/mol. The van der Waals surface area contributed by atoms with E-state index in [1.165, 1.54) is 7.11 Å². The summed E-state index contributed by atoms with van der Waals surface area (Å²) in [5, 5.41) is 10.8. The van der Waals surface area contributed by atoms with Crippen molar-refractivity contribution in [1.82, 2.24) is 0 Å². The van der Waals surface area contributed by atoms with Crippen molar-refractivity contribution in [1.29, 1.82) is 0 Å². The van der Waals surface area contributed by atoms with Gasteiger partial charge in [0.25, 0.3) is 0 Å². The first kappa shape index (κ1) is 13.8. The molecule has 0 spiro atoms. The maximum atomic E-state index is 11.7. The summed E-state index contributed by atoms with van der Waals surface area (Å²) in [5.74, 6) is 0.960. The molecular formula is C12H22O3S. The molecule has 0 radical (unpaired) electrons. The summed E-state index contributed by atoms with van der Waals surface area (Å²) in [6.45, 7) is 6.01. The fraction of sp³-hybridized carbons (Fsp3) is 0.917. The minimum Gasteiger partial charge on any atom is -0.469 e. The van der Waals surface area contributed by atoms with Crippen LogP contribution < -0.4 is 0 Å². The molecule has 4 heteroatoms. The largest absolute Gasteiger partial charge is 0.469 e. The number of carbonyl (C=O) groups is 1. The molecule has 16 heavy (non-hydrogen) atoms. The highest BCUT2D eigenvalue weighted by Crippen LogP contribution is 2.47. The van der Waals surface area contributed by atoms with Gasteiger partial charge in [0, 0.05) is 5.75 Å². The fourth-order valence-corrected chi connectivity index (χ4v) is 4.08. The highest BCUT2D eigenvalue weighted by Gasteiger charge is 2.53. The molecule has 0 amide bonds. The van der Waals surface area contributed by atoms with Gasteiger partial charge < -0.3 is 9.84 Å². The molecule has 1 fully saturated rings. The molecule has 1 heterocycles. The van der Waals surface area contributed by atoms with Crippen molar-refractivity contribution in [3.63, 3.8) is 0 Å². The summed E-state index contributed by atoms with van der Waals surface area (Å²) < 4.78 is 4.81. The standard InChI is InChI=1S/C12H22O3S/c1-5-9(10(13)15-4)12(14)8-16-7-6-11(12,2)3/h9,14H,5-8H2,1-4H3. The van der Waals surface area contributed by atoms with Crippen LogP contribution in [0, 0.1) is 11.3 Å². The maximum Gasteiger partial charge on any atom is 0.311 e. The van der Waals surface area contributed by atoms with Crippen molar-refractivity contribution in [3.05, 3.63) is 0 Å². The van der Waals surface area contributed by atoms with Gasteiger partial charge >= 0.3 is 5.97 Å². The summed E-state index contributed by atoms with van der Waals surface area (Å²) in [7, 11) is 1.39. The second kappa shape index (κ2) is 4.96. The molecule has 94 valence electrons. The van der Waals surface area contributed by atoms with Gasteiger partial charge in [0.05, 0.1) is 18.6 Å². The van der Waals surface area contributed by atoms with Crippen LogP contribution in [0.3, 0.4) is 0 Å². The zero-order valence-electron chi connectivity index (χ0n) is 10.6. The van der Waals surface area contributed by atoms with Crippen LogP contribution in [0.15, 0.2) is 0 Å². The van der Waals surface area contributed by atoms with Gasteiger partial charge in [-0.3, -0.25) is 4.79 Å². The third kappa shape index (κ3) is 2.23.